The first-order valence-electron chi connectivity index (χ1n) is 3.86. The maximum Gasteiger partial charge on any atom is 0.207 e. The van der Waals surface area contributed by atoms with Gasteiger partial charge in [0.15, 0.2) is 0 Å². The predicted octanol–water partition coefficient (Wildman–Crippen LogP) is 1.46. The summed E-state index contributed by atoms with van der Waals surface area (Å²) in [6, 6.07) is 0.323. The predicted molar refractivity (Wildman–Crippen MR) is 51.5 cm³/mol. The minimum Gasteiger partial charge on any atom is -0.355 e. The standard InChI is InChI=1S/C8H18NOP/c1-8(2,3)7(5-11-4)9-6-10/h6-7,11H,5H2,1-4H3,(H,9,10). The molecule has 2 nitrogen and oxygen atoms in total. The van der Waals surface area contributed by atoms with E-state index < -0.39 is 0 Å². The summed E-state index contributed by atoms with van der Waals surface area (Å²) in [4.78, 5) is 10.2. The summed E-state index contributed by atoms with van der Waals surface area (Å²) >= 11 is 0. The molecule has 0 aromatic carbocycles. The second kappa shape index (κ2) is 4.71. The Bertz CT molecular complexity index is 120. The minimum atomic E-state index is 0.184. The van der Waals surface area contributed by atoms with E-state index in [9.17, 15) is 4.79 Å². The van der Waals surface area contributed by atoms with Gasteiger partial charge in [-0.3, -0.25) is 4.79 Å². The third-order valence-electron chi connectivity index (χ3n) is 1.72. The first-order chi connectivity index (χ1) is 5.02. The van der Waals surface area contributed by atoms with Crippen LogP contribution in [0.15, 0.2) is 0 Å². The summed E-state index contributed by atoms with van der Waals surface area (Å²) < 4.78 is 0. The van der Waals surface area contributed by atoms with Crippen LogP contribution < -0.4 is 5.32 Å². The van der Waals surface area contributed by atoms with E-state index >= 15 is 0 Å². The fourth-order valence-electron chi connectivity index (χ4n) is 0.901. The molecule has 0 fully saturated rings. The van der Waals surface area contributed by atoms with Gasteiger partial charge in [0, 0.05) is 6.04 Å². The van der Waals surface area contributed by atoms with E-state index in [4.69, 9.17) is 0 Å². The Labute approximate surface area is 70.9 Å². The molecule has 0 radical (unpaired) electrons. The summed E-state index contributed by atoms with van der Waals surface area (Å²) in [7, 11) is 0.900. The fraction of sp³-hybridized carbons (Fsp3) is 0.875. The van der Waals surface area contributed by atoms with Gasteiger partial charge in [-0.1, -0.05) is 20.8 Å². The second-order valence-corrected chi connectivity index (χ2v) is 4.88. The molecule has 0 aliphatic heterocycles. The van der Waals surface area contributed by atoms with Crippen molar-refractivity contribution in [2.45, 2.75) is 26.8 Å². The molecule has 0 heterocycles. The lowest BCUT2D eigenvalue weighted by atomic mass is 9.88. The molecule has 0 aromatic heterocycles. The van der Waals surface area contributed by atoms with Gasteiger partial charge in [0.25, 0.3) is 0 Å². The van der Waals surface area contributed by atoms with Crippen molar-refractivity contribution in [1.29, 1.82) is 0 Å². The van der Waals surface area contributed by atoms with Crippen LogP contribution in [0.25, 0.3) is 0 Å². The Morgan fingerprint density at radius 3 is 2.36 bits per heavy atom. The van der Waals surface area contributed by atoms with Gasteiger partial charge in [-0.15, -0.1) is 8.58 Å². The van der Waals surface area contributed by atoms with E-state index in [1.54, 1.807) is 0 Å². The molecule has 0 aliphatic carbocycles. The first kappa shape index (κ1) is 10.9. The molecule has 11 heavy (non-hydrogen) atoms. The maximum absolute atomic E-state index is 10.2. The van der Waals surface area contributed by atoms with Gasteiger partial charge in [-0.05, 0) is 18.2 Å². The third kappa shape index (κ3) is 4.36. The lowest BCUT2D eigenvalue weighted by Gasteiger charge is -2.29. The Kier molecular flexibility index (Phi) is 4.67. The van der Waals surface area contributed by atoms with Gasteiger partial charge in [0.05, 0.1) is 0 Å². The summed E-state index contributed by atoms with van der Waals surface area (Å²) in [5.74, 6) is 0. The van der Waals surface area contributed by atoms with E-state index in [-0.39, 0.29) is 5.41 Å². The highest BCUT2D eigenvalue weighted by molar-refractivity contribution is 7.37. The number of nitrogens with one attached hydrogen (secondary N) is 1. The maximum atomic E-state index is 10.2. The second-order valence-electron chi connectivity index (χ2n) is 3.76. The molecule has 3 heteroatoms. The number of hydrogen-bond donors (Lipinski definition) is 1. The fourth-order valence-corrected chi connectivity index (χ4v) is 2.04. The van der Waals surface area contributed by atoms with E-state index in [1.807, 2.05) is 0 Å². The normalized spacial score (nSPS) is 15.3. The molecule has 0 bridgehead atoms. The topological polar surface area (TPSA) is 29.1 Å². The van der Waals surface area contributed by atoms with E-state index in [0.717, 1.165) is 21.2 Å². The van der Waals surface area contributed by atoms with E-state index in [0.29, 0.717) is 6.04 Å². The molecule has 0 saturated heterocycles. The van der Waals surface area contributed by atoms with Crippen LogP contribution in [0.1, 0.15) is 20.8 Å². The Balaban J connectivity index is 3.97. The molecule has 0 aromatic rings. The average Bonchev–Trinajstić information content (AvgIpc) is 1.85. The van der Waals surface area contributed by atoms with Crippen molar-refractivity contribution < 1.29 is 4.79 Å². The molecule has 0 aliphatic rings. The van der Waals surface area contributed by atoms with Crippen LogP contribution in [0.5, 0.6) is 0 Å². The highest BCUT2D eigenvalue weighted by Crippen LogP contribution is 2.22. The summed E-state index contributed by atoms with van der Waals surface area (Å²) in [6.45, 7) is 8.60. The van der Waals surface area contributed by atoms with Gasteiger partial charge in [0.1, 0.15) is 0 Å². The molecule has 2 atom stereocenters. The van der Waals surface area contributed by atoms with Crippen LogP contribution >= 0.6 is 8.58 Å². The number of carbonyl (C=O) groups excluding carboxylic acids is 1. The molecular weight excluding hydrogens is 157 g/mol. The number of hydrogen-bond acceptors (Lipinski definition) is 1. The smallest absolute Gasteiger partial charge is 0.207 e. The Morgan fingerprint density at radius 2 is 2.09 bits per heavy atom. The highest BCUT2D eigenvalue weighted by atomic mass is 31.1. The molecule has 0 spiro atoms. The van der Waals surface area contributed by atoms with Crippen molar-refractivity contribution in [2.75, 3.05) is 12.8 Å². The lowest BCUT2D eigenvalue weighted by Crippen LogP contribution is -2.41. The molecule has 1 N–H and O–H groups in total. The third-order valence-corrected chi connectivity index (χ3v) is 2.54. The van der Waals surface area contributed by atoms with Gasteiger partial charge in [-0.2, -0.15) is 0 Å². The van der Waals surface area contributed by atoms with Crippen LogP contribution in [0, 0.1) is 5.41 Å². The largest absolute Gasteiger partial charge is 0.355 e. The monoisotopic (exact) mass is 175 g/mol. The van der Waals surface area contributed by atoms with Crippen LogP contribution in [0.3, 0.4) is 0 Å². The zero-order valence-electron chi connectivity index (χ0n) is 7.77. The molecule has 66 valence electrons. The Hall–Kier alpha value is -0.100. The number of carbonyl (C=O) groups is 1. The van der Waals surface area contributed by atoms with Crippen molar-refractivity contribution >= 4 is 15.0 Å². The minimum absolute atomic E-state index is 0.184. The van der Waals surface area contributed by atoms with Gasteiger partial charge < -0.3 is 5.32 Å². The lowest BCUT2D eigenvalue weighted by molar-refractivity contribution is -0.110. The molecule has 0 rings (SSSR count). The van der Waals surface area contributed by atoms with Crippen LogP contribution in [-0.2, 0) is 4.79 Å². The van der Waals surface area contributed by atoms with Crippen molar-refractivity contribution in [3.63, 3.8) is 0 Å². The van der Waals surface area contributed by atoms with Crippen LogP contribution in [0.4, 0.5) is 0 Å². The van der Waals surface area contributed by atoms with Gasteiger partial charge in [0.2, 0.25) is 6.41 Å². The van der Waals surface area contributed by atoms with Crippen molar-refractivity contribution in [2.24, 2.45) is 5.41 Å². The zero-order chi connectivity index (χ0) is 8.91. The highest BCUT2D eigenvalue weighted by Gasteiger charge is 2.22. The molecule has 0 saturated carbocycles. The number of amides is 1. The summed E-state index contributed by atoms with van der Waals surface area (Å²) in [6.07, 6.45) is 1.89. The Morgan fingerprint density at radius 1 is 1.55 bits per heavy atom. The van der Waals surface area contributed by atoms with Crippen LogP contribution in [0.2, 0.25) is 0 Å². The van der Waals surface area contributed by atoms with Crippen molar-refractivity contribution in [3.05, 3.63) is 0 Å². The van der Waals surface area contributed by atoms with E-state index in [1.165, 1.54) is 0 Å². The zero-order valence-corrected chi connectivity index (χ0v) is 8.77. The quantitative estimate of drug-likeness (QED) is 0.508. The SMILES string of the molecule is CPCC(NC=O)C(C)(C)C. The molecular formula is C8H18NOP. The van der Waals surface area contributed by atoms with Gasteiger partial charge in [-0.25, -0.2) is 0 Å². The first-order valence-corrected chi connectivity index (χ1v) is 5.57. The number of rotatable bonds is 4. The van der Waals surface area contributed by atoms with Crippen LogP contribution in [-0.4, -0.2) is 25.3 Å². The summed E-state index contributed by atoms with van der Waals surface area (Å²) in [5.41, 5.74) is 0.184. The van der Waals surface area contributed by atoms with E-state index in [2.05, 4.69) is 32.8 Å². The van der Waals surface area contributed by atoms with Crippen molar-refractivity contribution in [1.82, 2.24) is 5.32 Å². The summed E-state index contributed by atoms with van der Waals surface area (Å²) in [5, 5.41) is 2.85. The van der Waals surface area contributed by atoms with Gasteiger partial charge >= 0.3 is 0 Å². The average molecular weight is 175 g/mol. The molecule has 1 amide bonds. The van der Waals surface area contributed by atoms with Crippen molar-refractivity contribution in [3.8, 4) is 0 Å². The molecule has 2 unspecified atom stereocenters.